The van der Waals surface area contributed by atoms with Crippen molar-refractivity contribution < 1.29 is 14.5 Å². The first-order valence-corrected chi connectivity index (χ1v) is 9.63. The van der Waals surface area contributed by atoms with Gasteiger partial charge in [-0.15, -0.1) is 0 Å². The van der Waals surface area contributed by atoms with Crippen LogP contribution in [0, 0.1) is 0 Å². The van der Waals surface area contributed by atoms with E-state index in [0.717, 1.165) is 23.3 Å². The Bertz CT molecular complexity index is 853. The molecule has 27 heavy (non-hydrogen) atoms. The lowest BCUT2D eigenvalue weighted by molar-refractivity contribution is -0.885. The van der Waals surface area contributed by atoms with Crippen LogP contribution in [0.3, 0.4) is 0 Å². The van der Waals surface area contributed by atoms with Gasteiger partial charge in [0.2, 0.25) is 0 Å². The van der Waals surface area contributed by atoms with Crippen LogP contribution in [0.2, 0.25) is 10.0 Å². The van der Waals surface area contributed by atoms with E-state index in [0.29, 0.717) is 27.8 Å². The summed E-state index contributed by atoms with van der Waals surface area (Å²) in [5, 5.41) is 6.97. The Kier molecular flexibility index (Phi) is 6.37. The van der Waals surface area contributed by atoms with Crippen molar-refractivity contribution in [2.75, 3.05) is 18.9 Å². The smallest absolute Gasteiger partial charge is 0.279 e. The lowest BCUT2D eigenvalue weighted by Gasteiger charge is -2.16. The Hall–Kier alpha value is -2.08. The van der Waals surface area contributed by atoms with Crippen LogP contribution in [-0.2, 0) is 11.3 Å². The molecule has 0 radical (unpaired) electrons. The molecule has 0 aliphatic heterocycles. The first-order valence-electron chi connectivity index (χ1n) is 8.87. The lowest BCUT2D eigenvalue weighted by Crippen LogP contribution is -3.08. The molecule has 2 aromatic rings. The maximum atomic E-state index is 12.4. The molecular weight excluding hydrogens is 385 g/mol. The Morgan fingerprint density at radius 3 is 2.59 bits per heavy atom. The molecule has 2 amide bonds. The minimum Gasteiger partial charge on any atom is -0.349 e. The molecule has 0 heterocycles. The summed E-state index contributed by atoms with van der Waals surface area (Å²) >= 11 is 12.1. The minimum atomic E-state index is -0.163. The van der Waals surface area contributed by atoms with Gasteiger partial charge in [-0.1, -0.05) is 41.4 Å². The Morgan fingerprint density at radius 2 is 1.89 bits per heavy atom. The van der Waals surface area contributed by atoms with Crippen molar-refractivity contribution in [1.82, 2.24) is 5.32 Å². The van der Waals surface area contributed by atoms with Crippen LogP contribution in [0.15, 0.2) is 42.5 Å². The van der Waals surface area contributed by atoms with Crippen LogP contribution in [-0.4, -0.2) is 31.4 Å². The Balaban J connectivity index is 1.59. The predicted octanol–water partition coefficient (Wildman–Crippen LogP) is 2.54. The summed E-state index contributed by atoms with van der Waals surface area (Å²) in [4.78, 5) is 25.7. The second kappa shape index (κ2) is 8.74. The Labute approximate surface area is 168 Å². The molecule has 142 valence electrons. The number of likely N-dealkylation sites (N-methyl/N-ethyl adjacent to an activating group) is 1. The highest BCUT2D eigenvalue weighted by Gasteiger charge is 2.25. The first kappa shape index (κ1) is 19.7. The van der Waals surface area contributed by atoms with Crippen LogP contribution in [0.25, 0.3) is 0 Å². The zero-order chi connectivity index (χ0) is 19.4. The maximum absolute atomic E-state index is 12.4. The zero-order valence-corrected chi connectivity index (χ0v) is 16.5. The molecule has 1 fully saturated rings. The summed E-state index contributed by atoms with van der Waals surface area (Å²) in [7, 11) is 1.91. The van der Waals surface area contributed by atoms with Crippen molar-refractivity contribution in [3.63, 3.8) is 0 Å². The normalized spacial score (nSPS) is 14.5. The van der Waals surface area contributed by atoms with E-state index in [1.54, 1.807) is 36.4 Å². The number of amides is 2. The number of hydrogen-bond donors (Lipinski definition) is 3. The lowest BCUT2D eigenvalue weighted by atomic mass is 10.1. The van der Waals surface area contributed by atoms with Crippen molar-refractivity contribution in [3.8, 4) is 0 Å². The highest BCUT2D eigenvalue weighted by Crippen LogP contribution is 2.22. The predicted molar refractivity (Wildman–Crippen MR) is 107 cm³/mol. The minimum absolute atomic E-state index is 0.151. The molecule has 1 aliphatic rings. The average Bonchev–Trinajstić information content (AvgIpc) is 3.41. The second-order valence-corrected chi connectivity index (χ2v) is 7.73. The quantitative estimate of drug-likeness (QED) is 0.661. The molecule has 5 nitrogen and oxygen atoms in total. The zero-order valence-electron chi connectivity index (χ0n) is 15.0. The molecule has 3 rings (SSSR count). The van der Waals surface area contributed by atoms with Gasteiger partial charge in [-0.25, -0.2) is 0 Å². The molecule has 0 aromatic heterocycles. The van der Waals surface area contributed by atoms with Crippen molar-refractivity contribution in [2.45, 2.75) is 25.4 Å². The highest BCUT2D eigenvalue weighted by atomic mass is 35.5. The Morgan fingerprint density at radius 1 is 1.15 bits per heavy atom. The monoisotopic (exact) mass is 406 g/mol. The molecule has 1 atom stereocenters. The van der Waals surface area contributed by atoms with E-state index in [1.807, 2.05) is 13.1 Å². The summed E-state index contributed by atoms with van der Waals surface area (Å²) in [5.41, 5.74) is 1.93. The standard InChI is InChI=1S/C20H21Cl2N3O2/c1-25(11-13-6-7-14(21)10-17(13)22)12-19(26)24-18-5-3-2-4-16(18)20(27)23-15-8-9-15/h2-7,10,15H,8-9,11-12H2,1H3,(H,23,27)(H,24,26)/p+1. The van der Waals surface area contributed by atoms with E-state index in [1.165, 1.54) is 0 Å². The fourth-order valence-electron chi connectivity index (χ4n) is 2.80. The van der Waals surface area contributed by atoms with Gasteiger partial charge in [0, 0.05) is 16.6 Å². The van der Waals surface area contributed by atoms with Gasteiger partial charge in [0.25, 0.3) is 11.8 Å². The van der Waals surface area contributed by atoms with Gasteiger partial charge < -0.3 is 15.5 Å². The number of carbonyl (C=O) groups excluding carboxylic acids is 2. The van der Waals surface area contributed by atoms with Gasteiger partial charge in [-0.2, -0.15) is 0 Å². The molecular formula is C20H22Cl2N3O2+. The second-order valence-electron chi connectivity index (χ2n) is 6.89. The van der Waals surface area contributed by atoms with E-state index in [-0.39, 0.29) is 24.4 Å². The SMILES string of the molecule is C[NH+](CC(=O)Nc1ccccc1C(=O)NC1CC1)Cc1ccc(Cl)cc1Cl. The van der Waals surface area contributed by atoms with Crippen molar-refractivity contribution in [1.29, 1.82) is 0 Å². The van der Waals surface area contributed by atoms with Crippen molar-refractivity contribution >= 4 is 40.7 Å². The van der Waals surface area contributed by atoms with E-state index in [9.17, 15) is 9.59 Å². The molecule has 7 heteroatoms. The number of carbonyl (C=O) groups is 2. The third-order valence-corrected chi connectivity index (χ3v) is 4.91. The van der Waals surface area contributed by atoms with Gasteiger partial charge in [0.15, 0.2) is 6.54 Å². The topological polar surface area (TPSA) is 62.6 Å². The average molecular weight is 407 g/mol. The number of para-hydroxylation sites is 1. The fraction of sp³-hybridized carbons (Fsp3) is 0.300. The largest absolute Gasteiger partial charge is 0.349 e. The molecule has 0 saturated heterocycles. The van der Waals surface area contributed by atoms with E-state index in [4.69, 9.17) is 23.2 Å². The van der Waals surface area contributed by atoms with Crippen LogP contribution in [0.1, 0.15) is 28.8 Å². The molecule has 1 saturated carbocycles. The van der Waals surface area contributed by atoms with Gasteiger partial charge in [-0.05, 0) is 37.1 Å². The maximum Gasteiger partial charge on any atom is 0.279 e. The van der Waals surface area contributed by atoms with Gasteiger partial charge >= 0.3 is 0 Å². The third kappa shape index (κ3) is 5.70. The first-order chi connectivity index (χ1) is 12.9. The van der Waals surface area contributed by atoms with E-state index >= 15 is 0 Å². The van der Waals surface area contributed by atoms with Gasteiger partial charge in [0.05, 0.1) is 23.3 Å². The van der Waals surface area contributed by atoms with Gasteiger partial charge in [0.1, 0.15) is 6.54 Å². The fourth-order valence-corrected chi connectivity index (χ4v) is 3.28. The molecule has 0 bridgehead atoms. The summed E-state index contributed by atoms with van der Waals surface area (Å²) in [6.07, 6.45) is 2.03. The molecule has 1 aliphatic carbocycles. The molecule has 3 N–H and O–H groups in total. The summed E-state index contributed by atoms with van der Waals surface area (Å²) < 4.78 is 0. The van der Waals surface area contributed by atoms with Gasteiger partial charge in [-0.3, -0.25) is 9.59 Å². The van der Waals surface area contributed by atoms with Crippen molar-refractivity contribution in [2.24, 2.45) is 0 Å². The third-order valence-electron chi connectivity index (χ3n) is 4.33. The number of hydrogen-bond acceptors (Lipinski definition) is 2. The summed E-state index contributed by atoms with van der Waals surface area (Å²) in [5.74, 6) is -0.314. The summed E-state index contributed by atoms with van der Waals surface area (Å²) in [6, 6.07) is 12.7. The molecule has 1 unspecified atom stereocenters. The highest BCUT2D eigenvalue weighted by molar-refractivity contribution is 6.35. The van der Waals surface area contributed by atoms with Crippen LogP contribution >= 0.6 is 23.2 Å². The van der Waals surface area contributed by atoms with Crippen LogP contribution in [0.5, 0.6) is 0 Å². The number of nitrogens with one attached hydrogen (secondary N) is 3. The van der Waals surface area contributed by atoms with E-state index < -0.39 is 0 Å². The number of anilines is 1. The number of rotatable bonds is 7. The van der Waals surface area contributed by atoms with Crippen molar-refractivity contribution in [3.05, 3.63) is 63.6 Å². The number of halogens is 2. The van der Waals surface area contributed by atoms with Crippen LogP contribution in [0.4, 0.5) is 5.69 Å². The van der Waals surface area contributed by atoms with Crippen LogP contribution < -0.4 is 15.5 Å². The molecule has 2 aromatic carbocycles. The summed E-state index contributed by atoms with van der Waals surface area (Å²) in [6.45, 7) is 0.838. The van der Waals surface area contributed by atoms with E-state index in [2.05, 4.69) is 10.6 Å². The molecule has 0 spiro atoms. The number of quaternary nitrogens is 1. The number of benzene rings is 2.